The lowest BCUT2D eigenvalue weighted by atomic mass is 10.1. The molecule has 2 atom stereocenters. The van der Waals surface area contributed by atoms with Crippen LogP contribution >= 0.6 is 0 Å². The molecule has 1 aromatic carbocycles. The number of nitrogen functional groups attached to an aromatic ring is 1. The van der Waals surface area contributed by atoms with Crippen LogP contribution in [0.5, 0.6) is 5.75 Å². The predicted octanol–water partition coefficient (Wildman–Crippen LogP) is 3.61. The fraction of sp³-hybridized carbons (Fsp3) is 0.333. The highest BCUT2D eigenvalue weighted by Gasteiger charge is 2.25. The first-order chi connectivity index (χ1) is 15.8. The third-order valence-electron chi connectivity index (χ3n) is 4.87. The molecule has 174 valence electrons. The van der Waals surface area contributed by atoms with Crippen LogP contribution in [0, 0.1) is 5.82 Å². The first-order valence-electron chi connectivity index (χ1n) is 10.2. The van der Waals surface area contributed by atoms with Crippen LogP contribution in [0.25, 0.3) is 11.1 Å². The number of anilines is 4. The van der Waals surface area contributed by atoms with E-state index in [4.69, 9.17) is 10.5 Å². The van der Waals surface area contributed by atoms with E-state index in [1.54, 1.807) is 12.1 Å². The molecule has 0 radical (unpaired) electrons. The van der Waals surface area contributed by atoms with Crippen molar-refractivity contribution in [2.75, 3.05) is 29.0 Å². The fourth-order valence-electron chi connectivity index (χ4n) is 3.59. The second-order valence-electron chi connectivity index (χ2n) is 7.59. The summed E-state index contributed by atoms with van der Waals surface area (Å²) in [6, 6.07) is 7.40. The highest BCUT2D eigenvalue weighted by Crippen LogP contribution is 2.31. The lowest BCUT2D eigenvalue weighted by Gasteiger charge is -2.35. The molecule has 4 rings (SSSR count). The average Bonchev–Trinajstić information content (AvgIpc) is 2.76. The molecule has 2 aromatic heterocycles. The minimum Gasteiger partial charge on any atom is -0.435 e. The molecule has 0 aliphatic carbocycles. The Bertz CT molecular complexity index is 1110. The number of benzene rings is 1. The number of halogens is 3. The molecule has 3 aromatic rings. The van der Waals surface area contributed by atoms with Crippen molar-refractivity contribution in [1.82, 2.24) is 20.2 Å². The molecule has 0 amide bonds. The van der Waals surface area contributed by atoms with Gasteiger partial charge in [0.25, 0.3) is 0 Å². The number of nitrogens with zero attached hydrogens (tertiary/aromatic N) is 5. The Hall–Kier alpha value is -3.67. The van der Waals surface area contributed by atoms with E-state index in [1.807, 2.05) is 18.7 Å². The fourth-order valence-corrected chi connectivity index (χ4v) is 3.59. The van der Waals surface area contributed by atoms with Crippen molar-refractivity contribution in [2.24, 2.45) is 0 Å². The Morgan fingerprint density at radius 2 is 1.82 bits per heavy atom. The standard InChI is InChI=1S/C21H22F3N7O2/c1-11-9-31(10-12(2)32-11)21-26-8-16(22)19(28-21)27-18-15(7-17(25)29-30-18)13-3-5-14(6-4-13)33-20(23)24/h3-8,11-12,20H,9-10H2,1-2H3,(H2,25,29)(H,26,27,28,30)/t11-,12+. The largest absolute Gasteiger partial charge is 0.435 e. The number of rotatable bonds is 6. The number of ether oxygens (including phenoxy) is 2. The summed E-state index contributed by atoms with van der Waals surface area (Å²) < 4.78 is 49.5. The zero-order valence-corrected chi connectivity index (χ0v) is 17.9. The lowest BCUT2D eigenvalue weighted by Crippen LogP contribution is -2.46. The van der Waals surface area contributed by atoms with Crippen molar-refractivity contribution in [2.45, 2.75) is 32.7 Å². The van der Waals surface area contributed by atoms with Gasteiger partial charge in [0.1, 0.15) is 11.6 Å². The van der Waals surface area contributed by atoms with Crippen LogP contribution < -0.4 is 20.7 Å². The van der Waals surface area contributed by atoms with Gasteiger partial charge in [-0.25, -0.2) is 9.37 Å². The maximum atomic E-state index is 14.6. The quantitative estimate of drug-likeness (QED) is 0.569. The van der Waals surface area contributed by atoms with Crippen molar-refractivity contribution < 1.29 is 22.6 Å². The zero-order valence-electron chi connectivity index (χ0n) is 17.9. The normalized spacial score (nSPS) is 18.4. The van der Waals surface area contributed by atoms with Gasteiger partial charge in [0.2, 0.25) is 5.95 Å². The topological polar surface area (TPSA) is 111 Å². The van der Waals surface area contributed by atoms with Crippen LogP contribution in [0.2, 0.25) is 0 Å². The van der Waals surface area contributed by atoms with Gasteiger partial charge >= 0.3 is 6.61 Å². The summed E-state index contributed by atoms with van der Waals surface area (Å²) in [6.07, 6.45) is 1.03. The summed E-state index contributed by atoms with van der Waals surface area (Å²) in [5.41, 5.74) is 6.83. The Morgan fingerprint density at radius 3 is 2.48 bits per heavy atom. The molecule has 1 aliphatic rings. The summed E-state index contributed by atoms with van der Waals surface area (Å²) in [5.74, 6) is -0.121. The summed E-state index contributed by atoms with van der Waals surface area (Å²) in [7, 11) is 0. The van der Waals surface area contributed by atoms with Crippen LogP contribution in [0.15, 0.2) is 36.5 Å². The Morgan fingerprint density at radius 1 is 1.12 bits per heavy atom. The van der Waals surface area contributed by atoms with Gasteiger partial charge in [0.05, 0.1) is 18.4 Å². The summed E-state index contributed by atoms with van der Waals surface area (Å²) in [6.45, 7) is 2.09. The van der Waals surface area contributed by atoms with Crippen molar-refractivity contribution >= 4 is 23.4 Å². The number of nitrogens with one attached hydrogen (secondary N) is 1. The van der Waals surface area contributed by atoms with Crippen LogP contribution in [0.3, 0.4) is 0 Å². The Kier molecular flexibility index (Phi) is 6.45. The molecule has 0 bridgehead atoms. The Labute approximate surface area is 187 Å². The monoisotopic (exact) mass is 461 g/mol. The van der Waals surface area contributed by atoms with Gasteiger partial charge in [-0.15, -0.1) is 10.2 Å². The molecule has 1 aliphatic heterocycles. The van der Waals surface area contributed by atoms with E-state index < -0.39 is 12.4 Å². The molecule has 0 spiro atoms. The van der Waals surface area contributed by atoms with Gasteiger partial charge in [0.15, 0.2) is 17.5 Å². The number of morpholine rings is 1. The highest BCUT2D eigenvalue weighted by molar-refractivity contribution is 5.79. The summed E-state index contributed by atoms with van der Waals surface area (Å²) in [5, 5.41) is 10.7. The third kappa shape index (κ3) is 5.40. The molecular weight excluding hydrogens is 439 g/mol. The van der Waals surface area contributed by atoms with E-state index in [0.717, 1.165) is 6.20 Å². The minimum absolute atomic E-state index is 0.00120. The van der Waals surface area contributed by atoms with E-state index in [1.165, 1.54) is 18.2 Å². The maximum absolute atomic E-state index is 14.6. The summed E-state index contributed by atoms with van der Waals surface area (Å²) >= 11 is 0. The molecule has 12 heteroatoms. The summed E-state index contributed by atoms with van der Waals surface area (Å²) in [4.78, 5) is 10.4. The smallest absolute Gasteiger partial charge is 0.387 e. The van der Waals surface area contributed by atoms with Crippen molar-refractivity contribution in [3.8, 4) is 16.9 Å². The second-order valence-corrected chi connectivity index (χ2v) is 7.59. The molecule has 9 nitrogen and oxygen atoms in total. The first-order valence-corrected chi connectivity index (χ1v) is 10.2. The molecule has 0 unspecified atom stereocenters. The van der Waals surface area contributed by atoms with E-state index >= 15 is 0 Å². The molecule has 3 N–H and O–H groups in total. The molecule has 1 fully saturated rings. The predicted molar refractivity (Wildman–Crippen MR) is 116 cm³/mol. The number of hydrogen-bond donors (Lipinski definition) is 2. The van der Waals surface area contributed by atoms with Gasteiger partial charge in [-0.2, -0.15) is 13.8 Å². The highest BCUT2D eigenvalue weighted by atomic mass is 19.3. The van der Waals surface area contributed by atoms with Crippen LogP contribution in [-0.4, -0.2) is 52.1 Å². The van der Waals surface area contributed by atoms with E-state index in [0.29, 0.717) is 30.2 Å². The van der Waals surface area contributed by atoms with Gasteiger partial charge < -0.3 is 25.4 Å². The molecule has 0 saturated carbocycles. The van der Waals surface area contributed by atoms with E-state index in [9.17, 15) is 13.2 Å². The van der Waals surface area contributed by atoms with E-state index in [2.05, 4.69) is 30.2 Å². The van der Waals surface area contributed by atoms with Gasteiger partial charge in [-0.3, -0.25) is 0 Å². The molecule has 33 heavy (non-hydrogen) atoms. The van der Waals surface area contributed by atoms with Crippen molar-refractivity contribution in [3.05, 3.63) is 42.3 Å². The van der Waals surface area contributed by atoms with Crippen LogP contribution in [0.4, 0.5) is 36.6 Å². The van der Waals surface area contributed by atoms with Crippen molar-refractivity contribution in [3.63, 3.8) is 0 Å². The Balaban J connectivity index is 1.63. The minimum atomic E-state index is -2.93. The SMILES string of the molecule is C[C@@H]1CN(c2ncc(F)c(Nc3nnc(N)cc3-c3ccc(OC(F)F)cc3)n2)C[C@H](C)O1. The van der Waals surface area contributed by atoms with Gasteiger partial charge in [0, 0.05) is 18.7 Å². The maximum Gasteiger partial charge on any atom is 0.387 e. The molecule has 1 saturated heterocycles. The lowest BCUT2D eigenvalue weighted by molar-refractivity contribution is -0.0498. The second kappa shape index (κ2) is 9.45. The van der Waals surface area contributed by atoms with Crippen molar-refractivity contribution in [1.29, 1.82) is 0 Å². The van der Waals surface area contributed by atoms with Gasteiger partial charge in [-0.1, -0.05) is 12.1 Å². The number of aromatic nitrogens is 4. The molecule has 3 heterocycles. The zero-order chi connectivity index (χ0) is 23.5. The van der Waals surface area contributed by atoms with E-state index in [-0.39, 0.29) is 35.4 Å². The third-order valence-corrected chi connectivity index (χ3v) is 4.87. The average molecular weight is 461 g/mol. The number of nitrogens with two attached hydrogens (primary N) is 1. The number of alkyl halides is 2. The number of hydrogen-bond acceptors (Lipinski definition) is 9. The van der Waals surface area contributed by atoms with Crippen LogP contribution in [-0.2, 0) is 4.74 Å². The molecular formula is C21H22F3N7O2. The van der Waals surface area contributed by atoms with Crippen LogP contribution in [0.1, 0.15) is 13.8 Å². The first kappa shape index (κ1) is 22.5. The van der Waals surface area contributed by atoms with Gasteiger partial charge in [-0.05, 0) is 37.6 Å².